The summed E-state index contributed by atoms with van der Waals surface area (Å²) in [5.74, 6) is 1.35. The van der Waals surface area contributed by atoms with Crippen molar-refractivity contribution in [1.29, 1.82) is 0 Å². The van der Waals surface area contributed by atoms with E-state index in [1.807, 2.05) is 17.0 Å². The number of halogens is 1. The Labute approximate surface area is 181 Å². The summed E-state index contributed by atoms with van der Waals surface area (Å²) in [7, 11) is 0. The highest BCUT2D eigenvalue weighted by Crippen LogP contribution is 2.34. The smallest absolute Gasteiger partial charge is 0.257 e. The number of pyridine rings is 1. The summed E-state index contributed by atoms with van der Waals surface area (Å²) >= 11 is 5.03. The van der Waals surface area contributed by atoms with Gasteiger partial charge < -0.3 is 9.64 Å². The third-order valence-electron chi connectivity index (χ3n) is 5.78. The second-order valence-corrected chi connectivity index (χ2v) is 9.52. The number of carbonyl (C=O) groups is 1. The number of rotatable bonds is 4. The SMILES string of the molecule is O=C(CC1CSc2nc3c(c(=O)n21)CCC3)N1CCC(Oc2ncccc2Br)C1. The summed E-state index contributed by atoms with van der Waals surface area (Å²) in [5.41, 5.74) is 1.87. The third-order valence-corrected chi connectivity index (χ3v) is 7.48. The number of hydrogen-bond acceptors (Lipinski definition) is 6. The number of ether oxygens (including phenoxy) is 1. The Kier molecular flexibility index (Phi) is 5.11. The second kappa shape index (κ2) is 7.75. The van der Waals surface area contributed by atoms with Crippen molar-refractivity contribution in [2.75, 3.05) is 18.8 Å². The van der Waals surface area contributed by atoms with Gasteiger partial charge in [-0.3, -0.25) is 14.2 Å². The number of carbonyl (C=O) groups excluding carboxylic acids is 1. The molecule has 1 fully saturated rings. The monoisotopic (exact) mass is 476 g/mol. The van der Waals surface area contributed by atoms with Crippen LogP contribution in [0.5, 0.6) is 5.88 Å². The Morgan fingerprint density at radius 2 is 2.28 bits per heavy atom. The molecule has 2 aliphatic heterocycles. The highest BCUT2D eigenvalue weighted by Gasteiger charge is 2.34. The van der Waals surface area contributed by atoms with Gasteiger partial charge in [0.15, 0.2) is 5.16 Å². The van der Waals surface area contributed by atoms with Gasteiger partial charge in [0.2, 0.25) is 11.8 Å². The van der Waals surface area contributed by atoms with E-state index in [0.717, 1.165) is 52.3 Å². The molecule has 0 N–H and O–H groups in total. The molecule has 3 aliphatic rings. The van der Waals surface area contributed by atoms with Crippen LogP contribution in [0.25, 0.3) is 0 Å². The van der Waals surface area contributed by atoms with Crippen LogP contribution in [0.4, 0.5) is 0 Å². The van der Waals surface area contributed by atoms with Gasteiger partial charge in [0.25, 0.3) is 5.56 Å². The summed E-state index contributed by atoms with van der Waals surface area (Å²) in [5, 5.41) is 0.774. The van der Waals surface area contributed by atoms with Crippen LogP contribution in [0.15, 0.2) is 32.8 Å². The Bertz CT molecular complexity index is 1030. The lowest BCUT2D eigenvalue weighted by molar-refractivity contribution is -0.131. The minimum Gasteiger partial charge on any atom is -0.472 e. The molecule has 2 aromatic rings. The summed E-state index contributed by atoms with van der Waals surface area (Å²) in [6.45, 7) is 1.21. The Morgan fingerprint density at radius 1 is 1.38 bits per heavy atom. The van der Waals surface area contributed by atoms with E-state index in [-0.39, 0.29) is 23.6 Å². The fourth-order valence-corrected chi connectivity index (χ4v) is 5.80. The average molecular weight is 477 g/mol. The lowest BCUT2D eigenvalue weighted by Crippen LogP contribution is -2.35. The number of thioether (sulfide) groups is 1. The first-order valence-electron chi connectivity index (χ1n) is 9.92. The Hall–Kier alpha value is -1.87. The molecular formula is C20H21BrN4O3S. The van der Waals surface area contributed by atoms with Crippen molar-refractivity contribution in [2.24, 2.45) is 0 Å². The van der Waals surface area contributed by atoms with E-state index in [2.05, 4.69) is 25.9 Å². The number of hydrogen-bond donors (Lipinski definition) is 0. The van der Waals surface area contributed by atoms with Crippen molar-refractivity contribution in [2.45, 2.75) is 49.4 Å². The molecule has 152 valence electrons. The maximum atomic E-state index is 12.9. The molecule has 2 atom stereocenters. The zero-order valence-corrected chi connectivity index (χ0v) is 18.2. The van der Waals surface area contributed by atoms with E-state index < -0.39 is 0 Å². The number of aromatic nitrogens is 3. The zero-order chi connectivity index (χ0) is 20.0. The molecule has 4 heterocycles. The maximum Gasteiger partial charge on any atom is 0.257 e. The molecule has 1 aliphatic carbocycles. The van der Waals surface area contributed by atoms with E-state index in [1.54, 1.807) is 22.5 Å². The maximum absolute atomic E-state index is 12.9. The van der Waals surface area contributed by atoms with Crippen molar-refractivity contribution in [3.63, 3.8) is 0 Å². The van der Waals surface area contributed by atoms with E-state index in [4.69, 9.17) is 4.74 Å². The van der Waals surface area contributed by atoms with Crippen molar-refractivity contribution < 1.29 is 9.53 Å². The fraction of sp³-hybridized carbons (Fsp3) is 0.500. The van der Waals surface area contributed by atoms with Gasteiger partial charge in [0.05, 0.1) is 22.8 Å². The van der Waals surface area contributed by atoms with Gasteiger partial charge in [-0.15, -0.1) is 0 Å². The Balaban J connectivity index is 1.25. The molecule has 0 spiro atoms. The van der Waals surface area contributed by atoms with Gasteiger partial charge >= 0.3 is 0 Å². The molecule has 2 aromatic heterocycles. The van der Waals surface area contributed by atoms with Crippen molar-refractivity contribution in [3.8, 4) is 5.88 Å². The van der Waals surface area contributed by atoms with Crippen molar-refractivity contribution >= 4 is 33.6 Å². The van der Waals surface area contributed by atoms with Gasteiger partial charge in [-0.2, -0.15) is 0 Å². The minimum atomic E-state index is -0.113. The molecule has 0 bridgehead atoms. The molecule has 9 heteroatoms. The topological polar surface area (TPSA) is 77.3 Å². The molecule has 2 unspecified atom stereocenters. The molecule has 1 saturated heterocycles. The van der Waals surface area contributed by atoms with E-state index in [0.29, 0.717) is 25.4 Å². The molecule has 0 saturated carbocycles. The van der Waals surface area contributed by atoms with Crippen LogP contribution in [0, 0.1) is 0 Å². The lowest BCUT2D eigenvalue weighted by atomic mass is 10.2. The number of amides is 1. The molecular weight excluding hydrogens is 456 g/mol. The number of nitrogens with zero attached hydrogens (tertiary/aromatic N) is 4. The van der Waals surface area contributed by atoms with Gasteiger partial charge in [-0.25, -0.2) is 9.97 Å². The fourth-order valence-electron chi connectivity index (χ4n) is 4.30. The largest absolute Gasteiger partial charge is 0.472 e. The standard InChI is InChI=1S/C20H21BrN4O3S/c21-15-4-2-7-22-18(15)28-13-6-8-24(10-13)17(26)9-12-11-29-20-23-16-5-1-3-14(16)19(27)25(12)20/h2,4,7,12-13H,1,3,5-6,8-11H2. The van der Waals surface area contributed by atoms with Crippen molar-refractivity contribution in [1.82, 2.24) is 19.4 Å². The zero-order valence-electron chi connectivity index (χ0n) is 15.8. The number of likely N-dealkylation sites (tertiary alicyclic amines) is 1. The summed E-state index contributed by atoms with van der Waals surface area (Å²) in [6, 6.07) is 3.61. The molecule has 7 nitrogen and oxygen atoms in total. The summed E-state index contributed by atoms with van der Waals surface area (Å²) < 4.78 is 8.54. The Morgan fingerprint density at radius 3 is 3.14 bits per heavy atom. The van der Waals surface area contributed by atoms with E-state index in [1.165, 1.54) is 0 Å². The summed E-state index contributed by atoms with van der Waals surface area (Å²) in [6.07, 6.45) is 5.43. The van der Waals surface area contributed by atoms with Crippen LogP contribution in [0.3, 0.4) is 0 Å². The first kappa shape index (κ1) is 19.1. The van der Waals surface area contributed by atoms with Gasteiger partial charge in [0.1, 0.15) is 6.10 Å². The quantitative estimate of drug-likeness (QED) is 0.631. The third kappa shape index (κ3) is 3.59. The molecule has 1 amide bonds. The number of fused-ring (bicyclic) bond motifs is 2. The highest BCUT2D eigenvalue weighted by atomic mass is 79.9. The predicted molar refractivity (Wildman–Crippen MR) is 112 cm³/mol. The normalized spacial score (nSPS) is 22.6. The first-order valence-corrected chi connectivity index (χ1v) is 11.7. The minimum absolute atomic E-state index is 0.0629. The predicted octanol–water partition coefficient (Wildman–Crippen LogP) is 2.61. The van der Waals surface area contributed by atoms with Crippen LogP contribution in [0.2, 0.25) is 0 Å². The van der Waals surface area contributed by atoms with Gasteiger partial charge in [0, 0.05) is 36.9 Å². The van der Waals surface area contributed by atoms with Crippen LogP contribution < -0.4 is 10.3 Å². The molecule has 0 aromatic carbocycles. The van der Waals surface area contributed by atoms with Gasteiger partial charge in [-0.05, 0) is 47.3 Å². The van der Waals surface area contributed by atoms with E-state index in [9.17, 15) is 9.59 Å². The van der Waals surface area contributed by atoms with Crippen LogP contribution in [-0.2, 0) is 17.6 Å². The summed E-state index contributed by atoms with van der Waals surface area (Å²) in [4.78, 5) is 36.6. The molecule has 0 radical (unpaired) electrons. The average Bonchev–Trinajstić information content (AvgIpc) is 3.44. The van der Waals surface area contributed by atoms with Crippen LogP contribution in [-0.4, -0.2) is 50.3 Å². The van der Waals surface area contributed by atoms with Crippen LogP contribution in [0.1, 0.15) is 36.6 Å². The highest BCUT2D eigenvalue weighted by molar-refractivity contribution is 9.10. The second-order valence-electron chi connectivity index (χ2n) is 7.68. The lowest BCUT2D eigenvalue weighted by Gasteiger charge is -2.20. The van der Waals surface area contributed by atoms with Crippen molar-refractivity contribution in [3.05, 3.63) is 44.4 Å². The molecule has 5 rings (SSSR count). The van der Waals surface area contributed by atoms with E-state index >= 15 is 0 Å². The number of aryl methyl sites for hydroxylation is 1. The first-order chi connectivity index (χ1) is 14.1. The van der Waals surface area contributed by atoms with Crippen LogP contribution >= 0.6 is 27.7 Å². The van der Waals surface area contributed by atoms with Gasteiger partial charge in [-0.1, -0.05) is 11.8 Å². The molecule has 29 heavy (non-hydrogen) atoms.